The predicted octanol–water partition coefficient (Wildman–Crippen LogP) is 3.48. The molecule has 1 aromatic heterocycles. The number of pyridine rings is 1. The number of hydrogen-bond donors (Lipinski definition) is 2. The number of piperazine rings is 1. The second-order valence-corrected chi connectivity index (χ2v) is 9.35. The standard InChI is InChI=1S/C27H28FN5O2/c1-16(2)32-9-11-33(12-10-32)20-6-3-17(4-7-20)22-15-23(26(29)31-25(22)28)18-5-8-21-19(13-18)14-24(34)30-27(21)35/h3-8,13,15-16H,9-12,14H2,1-2H3,(H2,29,31)(H,30,34,35). The van der Waals surface area contributed by atoms with Crippen LogP contribution in [0.4, 0.5) is 15.9 Å². The maximum atomic E-state index is 14.9. The summed E-state index contributed by atoms with van der Waals surface area (Å²) in [6.45, 7) is 8.39. The predicted molar refractivity (Wildman–Crippen MR) is 135 cm³/mol. The lowest BCUT2D eigenvalue weighted by atomic mass is 9.93. The number of rotatable bonds is 4. The fraction of sp³-hybridized carbons (Fsp3) is 0.296. The maximum absolute atomic E-state index is 14.9. The fourth-order valence-electron chi connectivity index (χ4n) is 4.83. The molecule has 2 aliphatic rings. The van der Waals surface area contributed by atoms with Crippen LogP contribution in [-0.4, -0.2) is 53.9 Å². The van der Waals surface area contributed by atoms with Gasteiger partial charge in [-0.1, -0.05) is 18.2 Å². The molecule has 35 heavy (non-hydrogen) atoms. The second-order valence-electron chi connectivity index (χ2n) is 9.35. The highest BCUT2D eigenvalue weighted by atomic mass is 19.1. The van der Waals surface area contributed by atoms with E-state index in [4.69, 9.17) is 5.73 Å². The first-order valence-corrected chi connectivity index (χ1v) is 11.8. The first-order valence-electron chi connectivity index (χ1n) is 11.8. The molecule has 5 rings (SSSR count). The summed E-state index contributed by atoms with van der Waals surface area (Å²) in [6.07, 6.45) is 0.100. The van der Waals surface area contributed by atoms with Crippen molar-refractivity contribution in [3.63, 3.8) is 0 Å². The van der Waals surface area contributed by atoms with E-state index in [1.807, 2.05) is 24.3 Å². The number of aromatic nitrogens is 1. The van der Waals surface area contributed by atoms with Crippen LogP contribution in [0.2, 0.25) is 0 Å². The molecule has 0 atom stereocenters. The average molecular weight is 474 g/mol. The molecule has 3 N–H and O–H groups in total. The van der Waals surface area contributed by atoms with Gasteiger partial charge >= 0.3 is 0 Å². The van der Waals surface area contributed by atoms with E-state index in [0.29, 0.717) is 39.4 Å². The van der Waals surface area contributed by atoms with Gasteiger partial charge in [0.2, 0.25) is 11.9 Å². The van der Waals surface area contributed by atoms with E-state index in [-0.39, 0.29) is 18.1 Å². The number of fused-ring (bicyclic) bond motifs is 1. The molecular formula is C27H28FN5O2. The lowest BCUT2D eigenvalue weighted by Crippen LogP contribution is -2.48. The van der Waals surface area contributed by atoms with Crippen LogP contribution in [0.3, 0.4) is 0 Å². The summed E-state index contributed by atoms with van der Waals surface area (Å²) in [6, 6.07) is 15.2. The van der Waals surface area contributed by atoms with Gasteiger partial charge in [-0.15, -0.1) is 0 Å². The highest BCUT2D eigenvalue weighted by molar-refractivity contribution is 6.10. The third-order valence-corrected chi connectivity index (χ3v) is 6.86. The normalized spacial score (nSPS) is 16.4. The fourth-order valence-corrected chi connectivity index (χ4v) is 4.83. The number of halogens is 1. The Bertz CT molecular complexity index is 1300. The number of amides is 2. The number of nitrogen functional groups attached to an aromatic ring is 1. The first-order chi connectivity index (χ1) is 16.8. The summed E-state index contributed by atoms with van der Waals surface area (Å²) >= 11 is 0. The highest BCUT2D eigenvalue weighted by Crippen LogP contribution is 2.34. The van der Waals surface area contributed by atoms with E-state index in [2.05, 4.69) is 33.9 Å². The van der Waals surface area contributed by atoms with Crippen LogP contribution in [-0.2, 0) is 11.2 Å². The van der Waals surface area contributed by atoms with Crippen LogP contribution in [0.25, 0.3) is 22.3 Å². The molecule has 180 valence electrons. The Balaban J connectivity index is 1.43. The Morgan fingerprint density at radius 2 is 1.60 bits per heavy atom. The van der Waals surface area contributed by atoms with E-state index in [0.717, 1.165) is 31.9 Å². The summed E-state index contributed by atoms with van der Waals surface area (Å²) in [5.74, 6) is -1.36. The molecule has 8 heteroatoms. The summed E-state index contributed by atoms with van der Waals surface area (Å²) in [4.78, 5) is 32.6. The van der Waals surface area contributed by atoms with E-state index >= 15 is 0 Å². The molecule has 2 amide bonds. The van der Waals surface area contributed by atoms with Gasteiger partial charge in [-0.3, -0.25) is 19.8 Å². The van der Waals surface area contributed by atoms with Crippen molar-refractivity contribution in [2.45, 2.75) is 26.3 Å². The SMILES string of the molecule is CC(C)N1CCN(c2ccc(-c3cc(-c4ccc5c(c4)CC(=O)NC5=O)c(N)nc3F)cc2)CC1. The summed E-state index contributed by atoms with van der Waals surface area (Å²) < 4.78 is 14.9. The van der Waals surface area contributed by atoms with Crippen LogP contribution in [0.5, 0.6) is 0 Å². The molecule has 2 aliphatic heterocycles. The topological polar surface area (TPSA) is 91.6 Å². The smallest absolute Gasteiger partial charge is 0.258 e. The number of carbonyl (C=O) groups excluding carboxylic acids is 2. The van der Waals surface area contributed by atoms with Crippen molar-refractivity contribution in [1.82, 2.24) is 15.2 Å². The molecule has 0 radical (unpaired) electrons. The van der Waals surface area contributed by atoms with Gasteiger partial charge < -0.3 is 10.6 Å². The minimum atomic E-state index is -0.642. The maximum Gasteiger partial charge on any atom is 0.258 e. The molecule has 3 aromatic rings. The van der Waals surface area contributed by atoms with Crippen molar-refractivity contribution in [1.29, 1.82) is 0 Å². The molecular weight excluding hydrogens is 445 g/mol. The molecule has 1 saturated heterocycles. The Labute approximate surface area is 203 Å². The van der Waals surface area contributed by atoms with Gasteiger partial charge in [-0.05, 0) is 60.9 Å². The van der Waals surface area contributed by atoms with Gasteiger partial charge in [-0.2, -0.15) is 4.39 Å². The lowest BCUT2D eigenvalue weighted by Gasteiger charge is -2.38. The van der Waals surface area contributed by atoms with Gasteiger partial charge in [-0.25, -0.2) is 4.98 Å². The molecule has 0 spiro atoms. The highest BCUT2D eigenvalue weighted by Gasteiger charge is 2.23. The monoisotopic (exact) mass is 473 g/mol. The Hall–Kier alpha value is -3.78. The van der Waals surface area contributed by atoms with Gasteiger partial charge in [0.25, 0.3) is 5.91 Å². The molecule has 0 aliphatic carbocycles. The van der Waals surface area contributed by atoms with Crippen molar-refractivity contribution in [2.24, 2.45) is 0 Å². The zero-order valence-corrected chi connectivity index (χ0v) is 19.8. The average Bonchev–Trinajstić information content (AvgIpc) is 2.84. The number of benzene rings is 2. The van der Waals surface area contributed by atoms with Crippen LogP contribution >= 0.6 is 0 Å². The van der Waals surface area contributed by atoms with Crippen LogP contribution < -0.4 is 16.0 Å². The number of carbonyl (C=O) groups is 2. The number of nitrogens with zero attached hydrogens (tertiary/aromatic N) is 3. The zero-order chi connectivity index (χ0) is 24.7. The van der Waals surface area contributed by atoms with Crippen molar-refractivity contribution in [3.8, 4) is 22.3 Å². The summed E-state index contributed by atoms with van der Waals surface area (Å²) in [5, 5.41) is 2.31. The van der Waals surface area contributed by atoms with E-state index in [1.165, 1.54) is 0 Å². The molecule has 0 saturated carbocycles. The third kappa shape index (κ3) is 4.49. The van der Waals surface area contributed by atoms with Crippen molar-refractivity contribution < 1.29 is 14.0 Å². The molecule has 0 bridgehead atoms. The zero-order valence-electron chi connectivity index (χ0n) is 19.8. The number of nitrogens with one attached hydrogen (secondary N) is 1. The summed E-state index contributed by atoms with van der Waals surface area (Å²) in [5.41, 5.74) is 10.5. The number of anilines is 2. The van der Waals surface area contributed by atoms with Gasteiger partial charge in [0.05, 0.1) is 6.42 Å². The minimum Gasteiger partial charge on any atom is -0.383 e. The number of nitrogens with two attached hydrogens (primary N) is 1. The van der Waals surface area contributed by atoms with Crippen LogP contribution in [0.1, 0.15) is 29.8 Å². The van der Waals surface area contributed by atoms with E-state index in [1.54, 1.807) is 24.3 Å². The molecule has 0 unspecified atom stereocenters. The number of hydrogen-bond acceptors (Lipinski definition) is 6. The number of imide groups is 1. The van der Waals surface area contributed by atoms with E-state index < -0.39 is 11.9 Å². The molecule has 1 fully saturated rings. The van der Waals surface area contributed by atoms with Crippen molar-refractivity contribution in [3.05, 3.63) is 65.6 Å². The largest absolute Gasteiger partial charge is 0.383 e. The molecule has 3 heterocycles. The first kappa shape index (κ1) is 23.0. The summed E-state index contributed by atoms with van der Waals surface area (Å²) in [7, 11) is 0. The van der Waals surface area contributed by atoms with E-state index in [9.17, 15) is 14.0 Å². The second kappa shape index (κ2) is 9.11. The third-order valence-electron chi connectivity index (χ3n) is 6.86. The van der Waals surface area contributed by atoms with Gasteiger partial charge in [0.1, 0.15) is 5.82 Å². The van der Waals surface area contributed by atoms with Gasteiger partial charge in [0.15, 0.2) is 0 Å². The van der Waals surface area contributed by atoms with Crippen LogP contribution in [0.15, 0.2) is 48.5 Å². The Morgan fingerprint density at radius 1 is 0.914 bits per heavy atom. The Kier molecular flexibility index (Phi) is 5.98. The van der Waals surface area contributed by atoms with Gasteiger partial charge in [0, 0.05) is 54.6 Å². The van der Waals surface area contributed by atoms with Crippen molar-refractivity contribution >= 4 is 23.3 Å². The molecule has 2 aromatic carbocycles. The lowest BCUT2D eigenvalue weighted by molar-refractivity contribution is -0.119. The molecule has 7 nitrogen and oxygen atoms in total. The van der Waals surface area contributed by atoms with Crippen LogP contribution in [0, 0.1) is 5.95 Å². The quantitative estimate of drug-likeness (QED) is 0.445. The Morgan fingerprint density at radius 3 is 2.29 bits per heavy atom. The minimum absolute atomic E-state index is 0.0532. The van der Waals surface area contributed by atoms with Crippen molar-refractivity contribution in [2.75, 3.05) is 36.8 Å².